The lowest BCUT2D eigenvalue weighted by Crippen LogP contribution is -2.46. The van der Waals surface area contributed by atoms with E-state index in [0.717, 1.165) is 12.0 Å². The zero-order valence-corrected chi connectivity index (χ0v) is 11.6. The van der Waals surface area contributed by atoms with Crippen molar-refractivity contribution in [2.24, 2.45) is 5.92 Å². The smallest absolute Gasteiger partial charge is 0.0192 e. The molecule has 2 fully saturated rings. The average molecular weight is 239 g/mol. The molecule has 0 amide bonds. The molecule has 1 N–H and O–H groups in total. The number of hydrogen-bond acceptors (Lipinski definition) is 3. The summed E-state index contributed by atoms with van der Waals surface area (Å²) in [6, 6.07) is 0.725. The summed E-state index contributed by atoms with van der Waals surface area (Å²) >= 11 is 0. The molecule has 2 aliphatic heterocycles. The van der Waals surface area contributed by atoms with Gasteiger partial charge in [0.15, 0.2) is 0 Å². The summed E-state index contributed by atoms with van der Waals surface area (Å²) in [6.07, 6.45) is 5.55. The molecule has 0 bridgehead atoms. The Kier molecular flexibility index (Phi) is 5.26. The van der Waals surface area contributed by atoms with E-state index in [1.54, 1.807) is 0 Å². The molecule has 0 spiro atoms. The van der Waals surface area contributed by atoms with E-state index in [1.165, 1.54) is 65.0 Å². The SMILES string of the molecule is CNC1CCCN(CC(C)CN2CCCC2)C1. The molecule has 3 nitrogen and oxygen atoms in total. The van der Waals surface area contributed by atoms with Crippen LogP contribution in [0.2, 0.25) is 0 Å². The molecule has 2 heterocycles. The molecule has 2 unspecified atom stereocenters. The van der Waals surface area contributed by atoms with Gasteiger partial charge in [0.25, 0.3) is 0 Å². The number of nitrogens with one attached hydrogen (secondary N) is 1. The number of piperidine rings is 1. The van der Waals surface area contributed by atoms with E-state index in [0.29, 0.717) is 0 Å². The highest BCUT2D eigenvalue weighted by Crippen LogP contribution is 2.14. The highest BCUT2D eigenvalue weighted by atomic mass is 15.2. The second-order valence-electron chi connectivity index (χ2n) is 6.00. The van der Waals surface area contributed by atoms with Gasteiger partial charge in [-0.05, 0) is 58.3 Å². The lowest BCUT2D eigenvalue weighted by molar-refractivity contribution is 0.156. The predicted octanol–water partition coefficient (Wildman–Crippen LogP) is 1.40. The Hall–Kier alpha value is -0.120. The number of likely N-dealkylation sites (tertiary alicyclic amines) is 2. The van der Waals surface area contributed by atoms with Crippen LogP contribution < -0.4 is 5.32 Å². The number of nitrogens with zero attached hydrogens (tertiary/aromatic N) is 2. The fraction of sp³-hybridized carbons (Fsp3) is 1.00. The van der Waals surface area contributed by atoms with Crippen molar-refractivity contribution in [3.63, 3.8) is 0 Å². The Bertz CT molecular complexity index is 214. The van der Waals surface area contributed by atoms with Crippen LogP contribution in [-0.2, 0) is 0 Å². The number of likely N-dealkylation sites (N-methyl/N-ethyl adjacent to an activating group) is 1. The quantitative estimate of drug-likeness (QED) is 0.782. The van der Waals surface area contributed by atoms with Crippen molar-refractivity contribution in [3.8, 4) is 0 Å². The molecule has 2 aliphatic rings. The van der Waals surface area contributed by atoms with Gasteiger partial charge in [-0.3, -0.25) is 0 Å². The molecular weight excluding hydrogens is 210 g/mol. The Morgan fingerprint density at radius 3 is 2.41 bits per heavy atom. The van der Waals surface area contributed by atoms with Crippen LogP contribution in [0.15, 0.2) is 0 Å². The lowest BCUT2D eigenvalue weighted by Gasteiger charge is -2.34. The first-order chi connectivity index (χ1) is 8.28. The van der Waals surface area contributed by atoms with Gasteiger partial charge in [0, 0.05) is 25.7 Å². The molecule has 0 aromatic heterocycles. The van der Waals surface area contributed by atoms with Crippen LogP contribution in [0.4, 0.5) is 0 Å². The van der Waals surface area contributed by atoms with Crippen molar-refractivity contribution in [1.29, 1.82) is 0 Å². The Balaban J connectivity index is 1.68. The summed E-state index contributed by atoms with van der Waals surface area (Å²) in [4.78, 5) is 5.30. The number of rotatable bonds is 5. The third kappa shape index (κ3) is 4.23. The molecule has 17 heavy (non-hydrogen) atoms. The third-order valence-corrected chi connectivity index (χ3v) is 4.25. The normalized spacial score (nSPS) is 29.6. The summed E-state index contributed by atoms with van der Waals surface area (Å²) in [5.41, 5.74) is 0. The van der Waals surface area contributed by atoms with Gasteiger partial charge in [-0.25, -0.2) is 0 Å². The fourth-order valence-electron chi connectivity index (χ4n) is 3.36. The van der Waals surface area contributed by atoms with Crippen molar-refractivity contribution in [3.05, 3.63) is 0 Å². The monoisotopic (exact) mass is 239 g/mol. The van der Waals surface area contributed by atoms with E-state index in [-0.39, 0.29) is 0 Å². The van der Waals surface area contributed by atoms with E-state index in [9.17, 15) is 0 Å². The highest BCUT2D eigenvalue weighted by molar-refractivity contribution is 4.79. The van der Waals surface area contributed by atoms with Gasteiger partial charge < -0.3 is 15.1 Å². The molecule has 3 heteroatoms. The largest absolute Gasteiger partial charge is 0.316 e. The molecule has 100 valence electrons. The van der Waals surface area contributed by atoms with Crippen molar-refractivity contribution < 1.29 is 0 Å². The summed E-state index contributed by atoms with van der Waals surface area (Å²) in [6.45, 7) is 10.2. The first-order valence-corrected chi connectivity index (χ1v) is 7.40. The van der Waals surface area contributed by atoms with Crippen LogP contribution in [0.3, 0.4) is 0 Å². The van der Waals surface area contributed by atoms with Gasteiger partial charge in [0.1, 0.15) is 0 Å². The van der Waals surface area contributed by atoms with Gasteiger partial charge in [-0.15, -0.1) is 0 Å². The van der Waals surface area contributed by atoms with E-state index >= 15 is 0 Å². The molecule has 2 atom stereocenters. The molecular formula is C14H29N3. The molecule has 0 saturated carbocycles. The molecule has 0 aliphatic carbocycles. The third-order valence-electron chi connectivity index (χ3n) is 4.25. The van der Waals surface area contributed by atoms with Gasteiger partial charge in [-0.1, -0.05) is 6.92 Å². The van der Waals surface area contributed by atoms with Gasteiger partial charge in [0.2, 0.25) is 0 Å². The van der Waals surface area contributed by atoms with Crippen molar-refractivity contribution in [2.45, 2.75) is 38.6 Å². The van der Waals surface area contributed by atoms with Crippen LogP contribution in [-0.4, -0.2) is 62.2 Å². The van der Waals surface area contributed by atoms with E-state index in [2.05, 4.69) is 29.1 Å². The first-order valence-electron chi connectivity index (χ1n) is 7.40. The average Bonchev–Trinajstić information content (AvgIpc) is 2.82. The van der Waals surface area contributed by atoms with Gasteiger partial charge >= 0.3 is 0 Å². The van der Waals surface area contributed by atoms with E-state index in [4.69, 9.17) is 0 Å². The van der Waals surface area contributed by atoms with Gasteiger partial charge in [-0.2, -0.15) is 0 Å². The fourth-order valence-corrected chi connectivity index (χ4v) is 3.36. The number of hydrogen-bond donors (Lipinski definition) is 1. The van der Waals surface area contributed by atoms with Crippen LogP contribution in [0.5, 0.6) is 0 Å². The molecule has 0 aromatic rings. The summed E-state index contributed by atoms with van der Waals surface area (Å²) < 4.78 is 0. The Morgan fingerprint density at radius 2 is 1.71 bits per heavy atom. The van der Waals surface area contributed by atoms with E-state index < -0.39 is 0 Å². The summed E-state index contributed by atoms with van der Waals surface area (Å²) in [7, 11) is 2.10. The van der Waals surface area contributed by atoms with Crippen LogP contribution in [0, 0.1) is 5.92 Å². The maximum absolute atomic E-state index is 3.43. The minimum absolute atomic E-state index is 0.725. The van der Waals surface area contributed by atoms with Crippen molar-refractivity contribution in [1.82, 2.24) is 15.1 Å². The first kappa shape index (κ1) is 13.3. The maximum atomic E-state index is 3.43. The maximum Gasteiger partial charge on any atom is 0.0192 e. The van der Waals surface area contributed by atoms with Crippen LogP contribution in [0.1, 0.15) is 32.6 Å². The van der Waals surface area contributed by atoms with E-state index in [1.807, 2.05) is 0 Å². The summed E-state index contributed by atoms with van der Waals surface area (Å²) in [5, 5.41) is 3.43. The van der Waals surface area contributed by atoms with Crippen molar-refractivity contribution in [2.75, 3.05) is 46.3 Å². The minimum Gasteiger partial charge on any atom is -0.316 e. The van der Waals surface area contributed by atoms with Gasteiger partial charge in [0.05, 0.1) is 0 Å². The van der Waals surface area contributed by atoms with Crippen LogP contribution in [0.25, 0.3) is 0 Å². The summed E-state index contributed by atoms with van der Waals surface area (Å²) in [5.74, 6) is 0.823. The topological polar surface area (TPSA) is 18.5 Å². The standard InChI is InChI=1S/C14H29N3/c1-13(10-16-7-3-4-8-16)11-17-9-5-6-14(12-17)15-2/h13-15H,3-12H2,1-2H3. The second-order valence-corrected chi connectivity index (χ2v) is 6.00. The van der Waals surface area contributed by atoms with Crippen LogP contribution >= 0.6 is 0 Å². The second kappa shape index (κ2) is 6.72. The molecule has 0 radical (unpaired) electrons. The Morgan fingerprint density at radius 1 is 1.06 bits per heavy atom. The van der Waals surface area contributed by atoms with Crippen molar-refractivity contribution >= 4 is 0 Å². The predicted molar refractivity (Wildman–Crippen MR) is 73.4 cm³/mol. The molecule has 2 saturated heterocycles. The zero-order chi connectivity index (χ0) is 12.1. The lowest BCUT2D eigenvalue weighted by atomic mass is 10.0. The molecule has 2 rings (SSSR count). The molecule has 0 aromatic carbocycles. The minimum atomic E-state index is 0.725. The zero-order valence-electron chi connectivity index (χ0n) is 11.6. The Labute approximate surface area is 107 Å². The highest BCUT2D eigenvalue weighted by Gasteiger charge is 2.21.